The highest BCUT2D eigenvalue weighted by Crippen LogP contribution is 2.49. The maximum atomic E-state index is 12.0. The van der Waals surface area contributed by atoms with Gasteiger partial charge >= 0.3 is 7.82 Å². The van der Waals surface area contributed by atoms with E-state index in [1.165, 1.54) is 0 Å². The fraction of sp³-hybridized carbons (Fsp3) is 0.400. The predicted octanol–water partition coefficient (Wildman–Crippen LogP) is 3.47. The highest BCUT2D eigenvalue weighted by molar-refractivity contribution is 7.48. The van der Waals surface area contributed by atoms with Crippen molar-refractivity contribution in [2.45, 2.75) is 6.92 Å². The van der Waals surface area contributed by atoms with Gasteiger partial charge in [0.25, 0.3) is 0 Å². The molecule has 0 bridgehead atoms. The molecule has 1 rings (SSSR count). The van der Waals surface area contributed by atoms with E-state index < -0.39 is 7.82 Å². The normalized spacial score (nSPS) is 14.4. The largest absolute Gasteiger partial charge is 0.530 e. The van der Waals surface area contributed by atoms with E-state index in [2.05, 4.69) is 0 Å². The van der Waals surface area contributed by atoms with Gasteiger partial charge in [-0.2, -0.15) is 0 Å². The molecule has 90 valence electrons. The second kappa shape index (κ2) is 6.92. The van der Waals surface area contributed by atoms with E-state index in [1.54, 1.807) is 31.2 Å². The van der Waals surface area contributed by atoms with Crippen molar-refractivity contribution in [3.63, 3.8) is 0 Å². The van der Waals surface area contributed by atoms with Crippen molar-refractivity contribution in [1.29, 1.82) is 0 Å². The quantitative estimate of drug-likeness (QED) is 0.559. The van der Waals surface area contributed by atoms with E-state index >= 15 is 0 Å². The molecule has 0 aliphatic heterocycles. The molecule has 0 N–H and O–H groups in total. The van der Waals surface area contributed by atoms with E-state index in [9.17, 15) is 4.57 Å². The van der Waals surface area contributed by atoms with Crippen LogP contribution in [0.15, 0.2) is 30.3 Å². The fourth-order valence-corrected chi connectivity index (χ4v) is 2.38. The first-order chi connectivity index (χ1) is 7.70. The molecule has 1 aromatic rings. The van der Waals surface area contributed by atoms with E-state index in [1.807, 2.05) is 6.07 Å². The summed E-state index contributed by atoms with van der Waals surface area (Å²) >= 11 is 5.45. The van der Waals surface area contributed by atoms with Crippen molar-refractivity contribution < 1.29 is 18.1 Å². The Morgan fingerprint density at radius 1 is 1.25 bits per heavy atom. The smallest absolute Gasteiger partial charge is 0.404 e. The number of hydrogen-bond donors (Lipinski definition) is 0. The van der Waals surface area contributed by atoms with Crippen molar-refractivity contribution in [3.05, 3.63) is 30.3 Å². The molecule has 0 aliphatic rings. The third kappa shape index (κ3) is 4.54. The van der Waals surface area contributed by atoms with Crippen LogP contribution in [0.2, 0.25) is 0 Å². The van der Waals surface area contributed by atoms with E-state index in [0.29, 0.717) is 5.75 Å². The van der Waals surface area contributed by atoms with Crippen LogP contribution >= 0.6 is 19.4 Å². The van der Waals surface area contributed by atoms with Gasteiger partial charge in [0, 0.05) is 5.88 Å². The van der Waals surface area contributed by atoms with Crippen LogP contribution in [0, 0.1) is 0 Å². The number of halogens is 1. The van der Waals surface area contributed by atoms with Gasteiger partial charge in [-0.1, -0.05) is 18.2 Å². The molecule has 1 aromatic carbocycles. The van der Waals surface area contributed by atoms with Crippen LogP contribution in [0.25, 0.3) is 0 Å². The maximum Gasteiger partial charge on any atom is 0.530 e. The van der Waals surface area contributed by atoms with Gasteiger partial charge in [-0.25, -0.2) is 4.57 Å². The summed E-state index contributed by atoms with van der Waals surface area (Å²) in [4.78, 5) is 0. The third-order valence-electron chi connectivity index (χ3n) is 1.57. The summed E-state index contributed by atoms with van der Waals surface area (Å²) in [6, 6.07) is 8.73. The molecule has 0 amide bonds. The van der Waals surface area contributed by atoms with Gasteiger partial charge in [-0.05, 0) is 19.1 Å². The topological polar surface area (TPSA) is 44.8 Å². The molecule has 0 radical (unpaired) electrons. The number of rotatable bonds is 7. The van der Waals surface area contributed by atoms with Crippen LogP contribution in [-0.2, 0) is 13.6 Å². The molecule has 0 fully saturated rings. The van der Waals surface area contributed by atoms with Gasteiger partial charge in [0.2, 0.25) is 0 Å². The molecule has 4 nitrogen and oxygen atoms in total. The summed E-state index contributed by atoms with van der Waals surface area (Å²) < 4.78 is 27.2. The molecule has 1 atom stereocenters. The Morgan fingerprint density at radius 3 is 2.50 bits per heavy atom. The minimum atomic E-state index is -3.54. The van der Waals surface area contributed by atoms with Gasteiger partial charge in [0.1, 0.15) is 5.75 Å². The highest BCUT2D eigenvalue weighted by atomic mass is 35.5. The molecule has 0 aromatic heterocycles. The number of phosphoric acid groups is 1. The average molecular weight is 265 g/mol. The first-order valence-electron chi connectivity index (χ1n) is 4.90. The zero-order valence-corrected chi connectivity index (χ0v) is 10.6. The van der Waals surface area contributed by atoms with Crippen molar-refractivity contribution in [3.8, 4) is 5.75 Å². The minimum Gasteiger partial charge on any atom is -0.404 e. The Bertz CT molecular complexity index is 344. The monoisotopic (exact) mass is 264 g/mol. The number of phosphoric ester groups is 1. The number of para-hydroxylation sites is 1. The Labute approximate surface area is 100 Å². The van der Waals surface area contributed by atoms with Crippen molar-refractivity contribution >= 4 is 19.4 Å². The maximum absolute atomic E-state index is 12.0. The molecule has 1 unspecified atom stereocenters. The van der Waals surface area contributed by atoms with Crippen molar-refractivity contribution in [1.82, 2.24) is 0 Å². The molecule has 6 heteroatoms. The molecule has 0 spiro atoms. The van der Waals surface area contributed by atoms with Crippen LogP contribution in [0.3, 0.4) is 0 Å². The zero-order chi connectivity index (χ0) is 11.9. The molecule has 0 aliphatic carbocycles. The number of hydrogen-bond acceptors (Lipinski definition) is 4. The standard InChI is InChI=1S/C10H14ClO4P/c1-2-13-16(12,14-9-8-11)15-10-6-4-3-5-7-10/h3-7H,2,8-9H2,1H3. The summed E-state index contributed by atoms with van der Waals surface area (Å²) in [7, 11) is -3.54. The number of alkyl halides is 1. The molecular formula is C10H14ClO4P. The fourth-order valence-electron chi connectivity index (χ4n) is 1.00. The first kappa shape index (κ1) is 13.5. The summed E-state index contributed by atoms with van der Waals surface area (Å²) in [6.45, 7) is 2.07. The summed E-state index contributed by atoms with van der Waals surface area (Å²) in [6.07, 6.45) is 0. The average Bonchev–Trinajstić information content (AvgIpc) is 2.28. The Balaban J connectivity index is 2.67. The van der Waals surface area contributed by atoms with Crippen molar-refractivity contribution in [2.24, 2.45) is 0 Å². The van der Waals surface area contributed by atoms with Gasteiger partial charge in [-0.3, -0.25) is 9.05 Å². The summed E-state index contributed by atoms with van der Waals surface area (Å²) in [5.74, 6) is 0.670. The third-order valence-corrected chi connectivity index (χ3v) is 3.24. The Hall–Kier alpha value is -0.540. The van der Waals surface area contributed by atoms with Crippen molar-refractivity contribution in [2.75, 3.05) is 19.1 Å². The zero-order valence-electron chi connectivity index (χ0n) is 8.97. The highest BCUT2D eigenvalue weighted by Gasteiger charge is 2.27. The van der Waals surface area contributed by atoms with E-state index in [4.69, 9.17) is 25.2 Å². The lowest BCUT2D eigenvalue weighted by Gasteiger charge is -2.17. The molecule has 0 saturated heterocycles. The SMILES string of the molecule is CCOP(=O)(OCCCl)Oc1ccccc1. The molecule has 0 saturated carbocycles. The van der Waals surface area contributed by atoms with Gasteiger partial charge in [0.05, 0.1) is 13.2 Å². The summed E-state index contributed by atoms with van der Waals surface area (Å²) in [5, 5.41) is 0. The summed E-state index contributed by atoms with van der Waals surface area (Å²) in [5.41, 5.74) is 0. The Kier molecular flexibility index (Phi) is 5.85. The second-order valence-electron chi connectivity index (χ2n) is 2.79. The Morgan fingerprint density at radius 2 is 1.94 bits per heavy atom. The number of benzene rings is 1. The van der Waals surface area contributed by atoms with Crippen LogP contribution in [0.1, 0.15) is 6.92 Å². The molecule has 0 heterocycles. The second-order valence-corrected chi connectivity index (χ2v) is 4.76. The first-order valence-corrected chi connectivity index (χ1v) is 6.89. The van der Waals surface area contributed by atoms with Crippen LogP contribution < -0.4 is 4.52 Å². The minimum absolute atomic E-state index is 0.117. The lowest BCUT2D eigenvalue weighted by atomic mass is 10.3. The predicted molar refractivity (Wildman–Crippen MR) is 63.0 cm³/mol. The van der Waals surface area contributed by atoms with E-state index in [-0.39, 0.29) is 19.1 Å². The van der Waals surface area contributed by atoms with Crippen LogP contribution in [-0.4, -0.2) is 19.1 Å². The van der Waals surface area contributed by atoms with Gasteiger partial charge < -0.3 is 4.52 Å². The van der Waals surface area contributed by atoms with Crippen LogP contribution in [0.5, 0.6) is 5.75 Å². The lowest BCUT2D eigenvalue weighted by Crippen LogP contribution is -2.04. The van der Waals surface area contributed by atoms with E-state index in [0.717, 1.165) is 0 Å². The van der Waals surface area contributed by atoms with Crippen LogP contribution in [0.4, 0.5) is 0 Å². The molecular weight excluding hydrogens is 251 g/mol. The van der Waals surface area contributed by atoms with Gasteiger partial charge in [-0.15, -0.1) is 11.6 Å². The van der Waals surface area contributed by atoms with Gasteiger partial charge in [0.15, 0.2) is 0 Å². The molecule has 16 heavy (non-hydrogen) atoms. The lowest BCUT2D eigenvalue weighted by molar-refractivity contribution is 0.168.